The van der Waals surface area contributed by atoms with E-state index in [2.05, 4.69) is 12.1 Å². The fraction of sp³-hybridized carbons (Fsp3) is 0.588. The summed E-state index contributed by atoms with van der Waals surface area (Å²) in [6.45, 7) is 0. The van der Waals surface area contributed by atoms with Crippen molar-refractivity contribution in [2.24, 2.45) is 5.73 Å². The summed E-state index contributed by atoms with van der Waals surface area (Å²) < 4.78 is 0. The second-order valence-electron chi connectivity index (χ2n) is 6.38. The molecular formula is C17H24N2O. The van der Waals surface area contributed by atoms with Crippen LogP contribution in [0.5, 0.6) is 0 Å². The quantitative estimate of drug-likeness (QED) is 0.918. The lowest BCUT2D eigenvalue weighted by Crippen LogP contribution is -2.52. The van der Waals surface area contributed by atoms with Crippen LogP contribution in [0.3, 0.4) is 0 Å². The Labute approximate surface area is 121 Å². The van der Waals surface area contributed by atoms with Gasteiger partial charge in [0, 0.05) is 19.1 Å². The Morgan fingerprint density at radius 1 is 1.20 bits per heavy atom. The van der Waals surface area contributed by atoms with Gasteiger partial charge in [0.05, 0.1) is 5.41 Å². The van der Waals surface area contributed by atoms with Crippen LogP contribution in [0, 0.1) is 0 Å². The first kappa shape index (κ1) is 13.6. The van der Waals surface area contributed by atoms with Crippen LogP contribution in [-0.2, 0) is 10.2 Å². The van der Waals surface area contributed by atoms with E-state index in [-0.39, 0.29) is 23.4 Å². The molecule has 1 amide bonds. The van der Waals surface area contributed by atoms with Gasteiger partial charge in [-0.3, -0.25) is 4.79 Å². The molecular weight excluding hydrogens is 248 g/mol. The Bertz CT molecular complexity index is 481. The lowest BCUT2D eigenvalue weighted by Gasteiger charge is -2.38. The molecule has 20 heavy (non-hydrogen) atoms. The summed E-state index contributed by atoms with van der Waals surface area (Å²) >= 11 is 0. The molecule has 0 bridgehead atoms. The highest BCUT2D eigenvalue weighted by molar-refractivity contribution is 5.91. The Hall–Kier alpha value is -1.35. The van der Waals surface area contributed by atoms with Gasteiger partial charge in [0.1, 0.15) is 0 Å². The van der Waals surface area contributed by atoms with Crippen molar-refractivity contribution in [1.82, 2.24) is 4.90 Å². The predicted molar refractivity (Wildman–Crippen MR) is 80.4 cm³/mol. The monoisotopic (exact) mass is 272 g/mol. The average Bonchev–Trinajstić information content (AvgIpc) is 3.29. The lowest BCUT2D eigenvalue weighted by molar-refractivity contribution is -0.135. The summed E-state index contributed by atoms with van der Waals surface area (Å²) in [5, 5.41) is 0. The van der Waals surface area contributed by atoms with Gasteiger partial charge >= 0.3 is 0 Å². The molecule has 0 heterocycles. The molecule has 0 saturated heterocycles. The van der Waals surface area contributed by atoms with Gasteiger partial charge in [-0.05, 0) is 31.2 Å². The van der Waals surface area contributed by atoms with Gasteiger partial charge in [0.2, 0.25) is 5.91 Å². The minimum atomic E-state index is -0.257. The van der Waals surface area contributed by atoms with Crippen LogP contribution in [0.4, 0.5) is 0 Å². The van der Waals surface area contributed by atoms with Crippen molar-refractivity contribution in [2.75, 3.05) is 7.05 Å². The minimum Gasteiger partial charge on any atom is -0.340 e. The zero-order valence-electron chi connectivity index (χ0n) is 12.2. The maximum atomic E-state index is 12.9. The molecule has 1 aromatic carbocycles. The van der Waals surface area contributed by atoms with Crippen molar-refractivity contribution in [3.05, 3.63) is 35.9 Å². The third-order valence-electron chi connectivity index (χ3n) is 5.09. The Kier molecular flexibility index (Phi) is 3.55. The number of rotatable bonds is 3. The molecule has 0 spiro atoms. The molecule has 2 unspecified atom stereocenters. The van der Waals surface area contributed by atoms with E-state index >= 15 is 0 Å². The standard InChI is InChI=1S/C17H24N2O/c1-19(15-10-6-5-9-14(15)18)16(20)17(11-12-17)13-7-3-2-4-8-13/h2-4,7-8,14-15H,5-6,9-12,18H2,1H3. The number of hydrogen-bond donors (Lipinski definition) is 1. The number of carbonyl (C=O) groups is 1. The maximum Gasteiger partial charge on any atom is 0.233 e. The molecule has 2 fully saturated rings. The van der Waals surface area contributed by atoms with Gasteiger partial charge in [0.25, 0.3) is 0 Å². The zero-order valence-corrected chi connectivity index (χ0v) is 12.2. The first-order valence-electron chi connectivity index (χ1n) is 7.73. The number of hydrogen-bond acceptors (Lipinski definition) is 2. The summed E-state index contributed by atoms with van der Waals surface area (Å²) in [7, 11) is 1.95. The van der Waals surface area contributed by atoms with E-state index < -0.39 is 0 Å². The molecule has 3 nitrogen and oxygen atoms in total. The first-order chi connectivity index (χ1) is 9.65. The van der Waals surface area contributed by atoms with Crippen LogP contribution in [0.1, 0.15) is 44.1 Å². The van der Waals surface area contributed by atoms with Crippen LogP contribution < -0.4 is 5.73 Å². The summed E-state index contributed by atoms with van der Waals surface area (Å²) in [5.41, 5.74) is 7.14. The molecule has 2 aliphatic carbocycles. The molecule has 0 aromatic heterocycles. The third-order valence-corrected chi connectivity index (χ3v) is 5.09. The van der Waals surface area contributed by atoms with Gasteiger partial charge in [-0.15, -0.1) is 0 Å². The van der Waals surface area contributed by atoms with Crippen molar-refractivity contribution in [3.63, 3.8) is 0 Å². The largest absolute Gasteiger partial charge is 0.340 e. The SMILES string of the molecule is CN(C(=O)C1(c2ccccc2)CC1)C1CCCCC1N. The Balaban J connectivity index is 1.78. The highest BCUT2D eigenvalue weighted by Gasteiger charge is 2.53. The van der Waals surface area contributed by atoms with E-state index in [4.69, 9.17) is 5.73 Å². The molecule has 2 aliphatic rings. The van der Waals surface area contributed by atoms with E-state index in [1.54, 1.807) is 0 Å². The van der Waals surface area contributed by atoms with Crippen LogP contribution in [0.2, 0.25) is 0 Å². The minimum absolute atomic E-state index is 0.143. The second-order valence-corrected chi connectivity index (χ2v) is 6.38. The summed E-state index contributed by atoms with van der Waals surface area (Å²) in [4.78, 5) is 14.9. The molecule has 3 rings (SSSR count). The molecule has 2 N–H and O–H groups in total. The van der Waals surface area contributed by atoms with Crippen LogP contribution in [0.25, 0.3) is 0 Å². The number of nitrogens with two attached hydrogens (primary N) is 1. The summed E-state index contributed by atoms with van der Waals surface area (Å²) in [5.74, 6) is 0.269. The summed E-state index contributed by atoms with van der Waals surface area (Å²) in [6.07, 6.45) is 6.43. The van der Waals surface area contributed by atoms with Gasteiger partial charge in [-0.2, -0.15) is 0 Å². The number of likely N-dealkylation sites (N-methyl/N-ethyl adjacent to an activating group) is 1. The van der Waals surface area contributed by atoms with Gasteiger partial charge in [-0.25, -0.2) is 0 Å². The van der Waals surface area contributed by atoms with Crippen molar-refractivity contribution in [3.8, 4) is 0 Å². The number of carbonyl (C=O) groups excluding carboxylic acids is 1. The normalized spacial score (nSPS) is 27.9. The average molecular weight is 272 g/mol. The molecule has 2 saturated carbocycles. The predicted octanol–water partition coefficient (Wildman–Crippen LogP) is 2.45. The highest BCUT2D eigenvalue weighted by Crippen LogP contribution is 2.49. The fourth-order valence-corrected chi connectivity index (χ4v) is 3.62. The molecule has 0 aliphatic heterocycles. The van der Waals surface area contributed by atoms with Crippen molar-refractivity contribution in [1.29, 1.82) is 0 Å². The van der Waals surface area contributed by atoms with Crippen LogP contribution >= 0.6 is 0 Å². The number of benzene rings is 1. The smallest absolute Gasteiger partial charge is 0.233 e. The van der Waals surface area contributed by atoms with Gasteiger partial charge in [-0.1, -0.05) is 43.2 Å². The molecule has 3 heteroatoms. The van der Waals surface area contributed by atoms with Crippen molar-refractivity contribution in [2.45, 2.75) is 56.0 Å². The number of nitrogens with zero attached hydrogens (tertiary/aromatic N) is 1. The fourth-order valence-electron chi connectivity index (χ4n) is 3.62. The number of amides is 1. The van der Waals surface area contributed by atoms with E-state index in [0.29, 0.717) is 0 Å². The highest BCUT2D eigenvalue weighted by atomic mass is 16.2. The maximum absolute atomic E-state index is 12.9. The lowest BCUT2D eigenvalue weighted by atomic mass is 9.88. The van der Waals surface area contributed by atoms with E-state index in [9.17, 15) is 4.79 Å². The Morgan fingerprint density at radius 3 is 2.45 bits per heavy atom. The Morgan fingerprint density at radius 2 is 1.85 bits per heavy atom. The van der Waals surface area contributed by atoms with E-state index in [1.807, 2.05) is 30.1 Å². The molecule has 2 atom stereocenters. The van der Waals surface area contributed by atoms with Crippen LogP contribution in [0.15, 0.2) is 30.3 Å². The molecule has 1 aromatic rings. The van der Waals surface area contributed by atoms with Crippen molar-refractivity contribution < 1.29 is 4.79 Å². The molecule has 0 radical (unpaired) electrons. The third kappa shape index (κ3) is 2.24. The second kappa shape index (κ2) is 5.21. The first-order valence-corrected chi connectivity index (χ1v) is 7.73. The van der Waals surface area contributed by atoms with Gasteiger partial charge < -0.3 is 10.6 Å². The van der Waals surface area contributed by atoms with E-state index in [1.165, 1.54) is 18.4 Å². The van der Waals surface area contributed by atoms with E-state index in [0.717, 1.165) is 25.7 Å². The topological polar surface area (TPSA) is 46.3 Å². The summed E-state index contributed by atoms with van der Waals surface area (Å²) in [6, 6.07) is 10.6. The zero-order chi connectivity index (χ0) is 14.2. The van der Waals surface area contributed by atoms with Gasteiger partial charge in [0.15, 0.2) is 0 Å². The molecule has 108 valence electrons. The van der Waals surface area contributed by atoms with Crippen molar-refractivity contribution >= 4 is 5.91 Å². The van der Waals surface area contributed by atoms with Crippen LogP contribution in [-0.4, -0.2) is 29.9 Å².